The summed E-state index contributed by atoms with van der Waals surface area (Å²) in [5.74, 6) is -0.307. The van der Waals surface area contributed by atoms with Gasteiger partial charge in [-0.2, -0.15) is 0 Å². The molecule has 0 saturated carbocycles. The molecular weight excluding hydrogens is 411 g/mol. The van der Waals surface area contributed by atoms with E-state index in [-0.39, 0.29) is 29.6 Å². The molecule has 4 amide bonds. The van der Waals surface area contributed by atoms with Gasteiger partial charge in [0.05, 0.1) is 0 Å². The van der Waals surface area contributed by atoms with Crippen molar-refractivity contribution >= 4 is 29.2 Å². The molecule has 1 fully saturated rings. The maximum Gasteiger partial charge on any atom is 0.321 e. The third-order valence-electron chi connectivity index (χ3n) is 5.18. The Morgan fingerprint density at radius 3 is 2.03 bits per heavy atom. The lowest BCUT2D eigenvalue weighted by atomic mass is 10.1. The molecule has 0 atom stereocenters. The first-order chi connectivity index (χ1) is 15.3. The molecular formula is C24H29FN4O3. The van der Waals surface area contributed by atoms with Gasteiger partial charge in [-0.05, 0) is 60.9 Å². The average molecular weight is 441 g/mol. The highest BCUT2D eigenvalue weighted by atomic mass is 19.1. The van der Waals surface area contributed by atoms with Gasteiger partial charge < -0.3 is 20.4 Å². The number of amides is 4. The van der Waals surface area contributed by atoms with Crippen molar-refractivity contribution in [3.8, 4) is 0 Å². The van der Waals surface area contributed by atoms with Crippen molar-refractivity contribution in [1.82, 2.24) is 9.80 Å². The number of carbonyl (C=O) groups is 3. The van der Waals surface area contributed by atoms with Crippen LogP contribution in [0.3, 0.4) is 0 Å². The van der Waals surface area contributed by atoms with E-state index in [0.717, 1.165) is 0 Å². The first kappa shape index (κ1) is 23.2. The van der Waals surface area contributed by atoms with Crippen molar-refractivity contribution in [3.63, 3.8) is 0 Å². The molecule has 1 heterocycles. The summed E-state index contributed by atoms with van der Waals surface area (Å²) < 4.78 is 13.1. The van der Waals surface area contributed by atoms with Crippen LogP contribution in [0.5, 0.6) is 0 Å². The Bertz CT molecular complexity index is 945. The lowest BCUT2D eigenvalue weighted by Crippen LogP contribution is -2.39. The maximum absolute atomic E-state index is 13.1. The largest absolute Gasteiger partial charge is 0.337 e. The second-order valence-electron chi connectivity index (χ2n) is 8.29. The van der Waals surface area contributed by atoms with Crippen molar-refractivity contribution in [2.45, 2.75) is 26.7 Å². The van der Waals surface area contributed by atoms with Crippen LogP contribution < -0.4 is 10.6 Å². The van der Waals surface area contributed by atoms with Crippen molar-refractivity contribution in [2.24, 2.45) is 5.92 Å². The fourth-order valence-electron chi connectivity index (χ4n) is 3.52. The van der Waals surface area contributed by atoms with Gasteiger partial charge in [-0.15, -0.1) is 0 Å². The normalized spacial score (nSPS) is 14.1. The average Bonchev–Trinajstić information content (AvgIpc) is 3.01. The van der Waals surface area contributed by atoms with Gasteiger partial charge in [0.15, 0.2) is 0 Å². The summed E-state index contributed by atoms with van der Waals surface area (Å²) in [5.41, 5.74) is 1.74. The van der Waals surface area contributed by atoms with Crippen LogP contribution in [-0.2, 0) is 4.79 Å². The molecule has 1 aliphatic rings. The lowest BCUT2D eigenvalue weighted by molar-refractivity contribution is -0.116. The summed E-state index contributed by atoms with van der Waals surface area (Å²) in [6, 6.07) is 12.2. The summed E-state index contributed by atoms with van der Waals surface area (Å²) in [4.78, 5) is 40.6. The Morgan fingerprint density at radius 1 is 0.844 bits per heavy atom. The van der Waals surface area contributed by atoms with Crippen LogP contribution in [0.15, 0.2) is 48.5 Å². The Morgan fingerprint density at radius 2 is 1.41 bits per heavy atom. The summed E-state index contributed by atoms with van der Waals surface area (Å²) in [6.07, 6.45) is 1.11. The second kappa shape index (κ2) is 10.7. The van der Waals surface area contributed by atoms with Crippen LogP contribution in [0, 0.1) is 11.7 Å². The number of halogens is 1. The van der Waals surface area contributed by atoms with E-state index in [4.69, 9.17) is 0 Å². The minimum Gasteiger partial charge on any atom is -0.337 e. The molecule has 0 bridgehead atoms. The van der Waals surface area contributed by atoms with Gasteiger partial charge in [0.1, 0.15) is 5.82 Å². The van der Waals surface area contributed by atoms with E-state index in [9.17, 15) is 18.8 Å². The van der Waals surface area contributed by atoms with Crippen molar-refractivity contribution in [2.75, 3.05) is 36.8 Å². The van der Waals surface area contributed by atoms with E-state index in [1.54, 1.807) is 34.1 Å². The van der Waals surface area contributed by atoms with Crippen LogP contribution in [0.4, 0.5) is 20.6 Å². The first-order valence-corrected chi connectivity index (χ1v) is 10.8. The standard InChI is InChI=1S/C24H29FN4O3/c1-17(2)16-22(30)26-20-8-10-21(11-9-20)27-24(32)29-13-3-12-28(14-15-29)23(31)18-4-6-19(25)7-5-18/h4-11,17H,3,12-16H2,1-2H3,(H,26,30)(H,27,32). The summed E-state index contributed by atoms with van der Waals surface area (Å²) in [7, 11) is 0. The maximum atomic E-state index is 13.1. The van der Waals surface area contributed by atoms with E-state index in [2.05, 4.69) is 10.6 Å². The fraction of sp³-hybridized carbons (Fsp3) is 0.375. The Hall–Kier alpha value is -3.42. The molecule has 0 radical (unpaired) electrons. The zero-order valence-corrected chi connectivity index (χ0v) is 18.4. The number of rotatable bonds is 5. The number of nitrogens with one attached hydrogen (secondary N) is 2. The molecule has 0 aromatic heterocycles. The zero-order valence-electron chi connectivity index (χ0n) is 18.4. The van der Waals surface area contributed by atoms with Crippen molar-refractivity contribution in [1.29, 1.82) is 0 Å². The van der Waals surface area contributed by atoms with Gasteiger partial charge in [-0.25, -0.2) is 9.18 Å². The Labute approximate surface area is 187 Å². The highest BCUT2D eigenvalue weighted by Gasteiger charge is 2.23. The summed E-state index contributed by atoms with van der Waals surface area (Å²) in [5, 5.41) is 5.70. The molecule has 8 heteroatoms. The van der Waals surface area contributed by atoms with Gasteiger partial charge in [-0.3, -0.25) is 9.59 Å². The topological polar surface area (TPSA) is 81.8 Å². The molecule has 2 aromatic rings. The SMILES string of the molecule is CC(C)CC(=O)Nc1ccc(NC(=O)N2CCCN(C(=O)c3ccc(F)cc3)CC2)cc1. The summed E-state index contributed by atoms with van der Waals surface area (Å²) in [6.45, 7) is 5.84. The minimum absolute atomic E-state index is 0.0407. The van der Waals surface area contributed by atoms with E-state index in [0.29, 0.717) is 56.0 Å². The monoisotopic (exact) mass is 440 g/mol. The Balaban J connectivity index is 1.52. The predicted molar refractivity (Wildman–Crippen MR) is 122 cm³/mol. The highest BCUT2D eigenvalue weighted by Crippen LogP contribution is 2.16. The number of anilines is 2. The molecule has 0 aliphatic carbocycles. The van der Waals surface area contributed by atoms with E-state index < -0.39 is 0 Å². The van der Waals surface area contributed by atoms with Gasteiger partial charge in [-0.1, -0.05) is 13.8 Å². The van der Waals surface area contributed by atoms with Gasteiger partial charge >= 0.3 is 6.03 Å². The molecule has 7 nitrogen and oxygen atoms in total. The van der Waals surface area contributed by atoms with Crippen molar-refractivity contribution in [3.05, 3.63) is 59.9 Å². The van der Waals surface area contributed by atoms with Crippen LogP contribution in [-0.4, -0.2) is 53.8 Å². The van der Waals surface area contributed by atoms with Gasteiger partial charge in [0, 0.05) is 49.5 Å². The smallest absolute Gasteiger partial charge is 0.321 e. The molecule has 0 spiro atoms. The quantitative estimate of drug-likeness (QED) is 0.732. The molecule has 3 rings (SSSR count). The first-order valence-electron chi connectivity index (χ1n) is 10.8. The van der Waals surface area contributed by atoms with E-state index in [1.165, 1.54) is 24.3 Å². The Kier molecular flexibility index (Phi) is 7.81. The van der Waals surface area contributed by atoms with Crippen LogP contribution >= 0.6 is 0 Å². The van der Waals surface area contributed by atoms with Gasteiger partial charge in [0.2, 0.25) is 5.91 Å². The highest BCUT2D eigenvalue weighted by molar-refractivity contribution is 5.94. The van der Waals surface area contributed by atoms with E-state index in [1.807, 2.05) is 13.8 Å². The number of urea groups is 1. The molecule has 0 unspecified atom stereocenters. The molecule has 2 N–H and O–H groups in total. The predicted octanol–water partition coefficient (Wildman–Crippen LogP) is 4.19. The van der Waals surface area contributed by atoms with Crippen LogP contribution in [0.25, 0.3) is 0 Å². The number of carbonyl (C=O) groups excluding carboxylic acids is 3. The number of hydrogen-bond acceptors (Lipinski definition) is 3. The third kappa shape index (κ3) is 6.54. The molecule has 1 aliphatic heterocycles. The lowest BCUT2D eigenvalue weighted by Gasteiger charge is -2.22. The number of nitrogens with zero attached hydrogens (tertiary/aromatic N) is 2. The van der Waals surface area contributed by atoms with E-state index >= 15 is 0 Å². The second-order valence-corrected chi connectivity index (χ2v) is 8.29. The molecule has 2 aromatic carbocycles. The van der Waals surface area contributed by atoms with Gasteiger partial charge in [0.25, 0.3) is 5.91 Å². The summed E-state index contributed by atoms with van der Waals surface area (Å²) >= 11 is 0. The number of hydrogen-bond donors (Lipinski definition) is 2. The fourth-order valence-corrected chi connectivity index (χ4v) is 3.52. The molecule has 1 saturated heterocycles. The molecule has 170 valence electrons. The zero-order chi connectivity index (χ0) is 23.1. The number of benzene rings is 2. The third-order valence-corrected chi connectivity index (χ3v) is 5.18. The minimum atomic E-state index is -0.383. The molecule has 32 heavy (non-hydrogen) atoms. The van der Waals surface area contributed by atoms with Crippen LogP contribution in [0.2, 0.25) is 0 Å². The van der Waals surface area contributed by atoms with Crippen LogP contribution in [0.1, 0.15) is 37.0 Å². The van der Waals surface area contributed by atoms with Crippen molar-refractivity contribution < 1.29 is 18.8 Å².